The summed E-state index contributed by atoms with van der Waals surface area (Å²) in [5.41, 5.74) is 0. The van der Waals surface area contributed by atoms with E-state index in [0.29, 0.717) is 25.7 Å². The number of allylic oxidation sites excluding steroid dienone is 4. The largest absolute Gasteiger partial charge is 0.481 e. The van der Waals surface area contributed by atoms with Crippen LogP contribution in [0.1, 0.15) is 38.5 Å². The molecule has 0 saturated heterocycles. The Morgan fingerprint density at radius 1 is 0.640 bits per heavy atom. The van der Waals surface area contributed by atoms with Crippen molar-refractivity contribution in [3.8, 4) is 0 Å². The van der Waals surface area contributed by atoms with Crippen molar-refractivity contribution in [1.82, 2.24) is 0 Å². The first-order chi connectivity index (χ1) is 11.9. The number of hydrogen-bond acceptors (Lipinski definition) is 5. The number of hydrogen-bond donors (Lipinski definition) is 2. The molecule has 0 aromatic rings. The molecule has 2 N–H and O–H groups in total. The second-order valence-corrected chi connectivity index (χ2v) is 6.56. The number of carboxylic acids is 2. The van der Waals surface area contributed by atoms with Gasteiger partial charge in [0.15, 0.2) is 0 Å². The molecule has 7 heteroatoms. The monoisotopic (exact) mass is 350 g/mol. The van der Waals surface area contributed by atoms with Gasteiger partial charge in [-0.25, -0.2) is 0 Å². The zero-order valence-electron chi connectivity index (χ0n) is 13.8. The fourth-order valence-corrected chi connectivity index (χ4v) is 3.17. The summed E-state index contributed by atoms with van der Waals surface area (Å²) in [4.78, 5) is 46.9. The van der Waals surface area contributed by atoms with E-state index in [2.05, 4.69) is 0 Å². The Balaban J connectivity index is 1.97. The standard InChI is InChI=1S/C18H22O7/c19-15(20)11-5-1-3-7-13(9-11)17(23)25-18(24)14-8-4-2-6-12(10-14)16(21)22/h1-4,11-14H,5-10H2,(H,19,20)(H,21,22). The van der Waals surface area contributed by atoms with Crippen LogP contribution in [0.25, 0.3) is 0 Å². The minimum absolute atomic E-state index is 0.122. The van der Waals surface area contributed by atoms with Gasteiger partial charge >= 0.3 is 23.9 Å². The Morgan fingerprint density at radius 3 is 1.28 bits per heavy atom. The van der Waals surface area contributed by atoms with Crippen molar-refractivity contribution < 1.29 is 34.1 Å². The van der Waals surface area contributed by atoms with Crippen LogP contribution in [-0.2, 0) is 23.9 Å². The third kappa shape index (κ3) is 5.27. The Labute approximate surface area is 145 Å². The summed E-state index contributed by atoms with van der Waals surface area (Å²) in [6, 6.07) is 0. The second kappa shape index (κ2) is 8.60. The van der Waals surface area contributed by atoms with Gasteiger partial charge in [0.05, 0.1) is 23.7 Å². The van der Waals surface area contributed by atoms with Crippen LogP contribution in [0.3, 0.4) is 0 Å². The van der Waals surface area contributed by atoms with Crippen LogP contribution >= 0.6 is 0 Å². The lowest BCUT2D eigenvalue weighted by Gasteiger charge is -2.19. The molecule has 7 nitrogen and oxygen atoms in total. The highest BCUT2D eigenvalue weighted by molar-refractivity contribution is 5.88. The van der Waals surface area contributed by atoms with Crippen LogP contribution in [0.5, 0.6) is 0 Å². The molecule has 0 heterocycles. The summed E-state index contributed by atoms with van der Waals surface area (Å²) in [5.74, 6) is -6.14. The molecule has 0 radical (unpaired) electrons. The molecular weight excluding hydrogens is 328 g/mol. The maximum atomic E-state index is 12.3. The number of carboxylic acid groups (broad SMARTS) is 2. The van der Waals surface area contributed by atoms with Crippen molar-refractivity contribution in [2.75, 3.05) is 0 Å². The van der Waals surface area contributed by atoms with Gasteiger partial charge in [-0.2, -0.15) is 0 Å². The summed E-state index contributed by atoms with van der Waals surface area (Å²) in [6.07, 6.45) is 8.51. The Hall–Kier alpha value is -2.44. The molecule has 0 aromatic carbocycles. The van der Waals surface area contributed by atoms with E-state index >= 15 is 0 Å². The molecule has 2 rings (SSSR count). The molecule has 136 valence electrons. The summed E-state index contributed by atoms with van der Waals surface area (Å²) < 4.78 is 4.97. The molecule has 2 aliphatic carbocycles. The highest BCUT2D eigenvalue weighted by Crippen LogP contribution is 2.28. The quantitative estimate of drug-likeness (QED) is 0.453. The second-order valence-electron chi connectivity index (χ2n) is 6.56. The van der Waals surface area contributed by atoms with Gasteiger partial charge in [0, 0.05) is 0 Å². The van der Waals surface area contributed by atoms with E-state index in [0.717, 1.165) is 0 Å². The molecule has 4 atom stereocenters. The molecule has 0 saturated carbocycles. The van der Waals surface area contributed by atoms with Crippen molar-refractivity contribution in [1.29, 1.82) is 0 Å². The van der Waals surface area contributed by atoms with Gasteiger partial charge in [-0.05, 0) is 38.5 Å². The molecule has 0 amide bonds. The topological polar surface area (TPSA) is 118 Å². The van der Waals surface area contributed by atoms with Crippen LogP contribution < -0.4 is 0 Å². The Morgan fingerprint density at radius 2 is 0.960 bits per heavy atom. The van der Waals surface area contributed by atoms with Gasteiger partial charge in [0.1, 0.15) is 0 Å². The van der Waals surface area contributed by atoms with Gasteiger partial charge in [-0.1, -0.05) is 24.3 Å². The smallest absolute Gasteiger partial charge is 0.316 e. The van der Waals surface area contributed by atoms with Crippen LogP contribution in [0, 0.1) is 23.7 Å². The van der Waals surface area contributed by atoms with E-state index in [1.807, 2.05) is 0 Å². The fourth-order valence-electron chi connectivity index (χ4n) is 3.17. The summed E-state index contributed by atoms with van der Waals surface area (Å²) >= 11 is 0. The summed E-state index contributed by atoms with van der Waals surface area (Å²) in [5, 5.41) is 18.3. The average Bonchev–Trinajstić information content (AvgIpc) is 2.95. The lowest BCUT2D eigenvalue weighted by atomic mass is 9.92. The minimum atomic E-state index is -0.978. The van der Waals surface area contributed by atoms with Crippen LogP contribution in [0.15, 0.2) is 24.3 Å². The summed E-state index contributed by atoms with van der Waals surface area (Å²) in [6.45, 7) is 0. The van der Waals surface area contributed by atoms with Crippen molar-refractivity contribution in [2.24, 2.45) is 23.7 Å². The lowest BCUT2D eigenvalue weighted by Crippen LogP contribution is -2.29. The van der Waals surface area contributed by atoms with Gasteiger partial charge < -0.3 is 14.9 Å². The molecule has 0 bridgehead atoms. The number of ether oxygens (including phenoxy) is 1. The normalized spacial score (nSPS) is 29.3. The first-order valence-electron chi connectivity index (χ1n) is 8.39. The zero-order chi connectivity index (χ0) is 18.4. The number of esters is 2. The highest BCUT2D eigenvalue weighted by atomic mass is 16.6. The van der Waals surface area contributed by atoms with Gasteiger partial charge in [-0.15, -0.1) is 0 Å². The average molecular weight is 350 g/mol. The lowest BCUT2D eigenvalue weighted by molar-refractivity contribution is -0.166. The third-order valence-corrected chi connectivity index (χ3v) is 4.72. The van der Waals surface area contributed by atoms with Crippen LogP contribution in [0.4, 0.5) is 0 Å². The molecule has 0 aromatic heterocycles. The van der Waals surface area contributed by atoms with Gasteiger partial charge in [0.25, 0.3) is 0 Å². The number of rotatable bonds is 4. The molecule has 0 fully saturated rings. The van der Waals surface area contributed by atoms with Crippen molar-refractivity contribution in [3.63, 3.8) is 0 Å². The zero-order valence-corrected chi connectivity index (χ0v) is 13.8. The molecular formula is C18H22O7. The molecule has 0 spiro atoms. The first kappa shape index (κ1) is 18.9. The molecule has 2 aliphatic rings. The van der Waals surface area contributed by atoms with Gasteiger partial charge in [-0.3, -0.25) is 19.2 Å². The van der Waals surface area contributed by atoms with E-state index in [4.69, 9.17) is 14.9 Å². The Kier molecular flexibility index (Phi) is 6.50. The molecule has 25 heavy (non-hydrogen) atoms. The van der Waals surface area contributed by atoms with Gasteiger partial charge in [0.2, 0.25) is 0 Å². The van der Waals surface area contributed by atoms with E-state index < -0.39 is 47.5 Å². The van der Waals surface area contributed by atoms with Crippen molar-refractivity contribution in [2.45, 2.75) is 38.5 Å². The minimum Gasteiger partial charge on any atom is -0.481 e. The summed E-state index contributed by atoms with van der Waals surface area (Å²) in [7, 11) is 0. The number of aliphatic carboxylic acids is 2. The maximum absolute atomic E-state index is 12.3. The van der Waals surface area contributed by atoms with Crippen molar-refractivity contribution >= 4 is 23.9 Å². The van der Waals surface area contributed by atoms with E-state index in [9.17, 15) is 19.2 Å². The van der Waals surface area contributed by atoms with Crippen LogP contribution in [-0.4, -0.2) is 34.1 Å². The van der Waals surface area contributed by atoms with Crippen molar-refractivity contribution in [3.05, 3.63) is 24.3 Å². The third-order valence-electron chi connectivity index (χ3n) is 4.72. The number of carbonyl (C=O) groups excluding carboxylic acids is 2. The van der Waals surface area contributed by atoms with Crippen LogP contribution in [0.2, 0.25) is 0 Å². The molecule has 0 aliphatic heterocycles. The van der Waals surface area contributed by atoms with E-state index in [1.54, 1.807) is 24.3 Å². The van der Waals surface area contributed by atoms with E-state index in [-0.39, 0.29) is 12.8 Å². The predicted molar refractivity (Wildman–Crippen MR) is 86.3 cm³/mol. The van der Waals surface area contributed by atoms with E-state index in [1.165, 1.54) is 0 Å². The maximum Gasteiger partial charge on any atom is 0.316 e. The fraction of sp³-hybridized carbons (Fsp3) is 0.556. The first-order valence-corrected chi connectivity index (χ1v) is 8.39. The highest BCUT2D eigenvalue weighted by Gasteiger charge is 2.33. The predicted octanol–water partition coefficient (Wildman–Crippen LogP) is 2.17. The number of carbonyl (C=O) groups is 4. The molecule has 4 unspecified atom stereocenters. The Bertz CT molecular complexity index is 553. The SMILES string of the molecule is O=C(O)C1CC=CCC(C(=O)OC(=O)C2CC=CCC(C(=O)O)C2)C1.